The monoisotopic (exact) mass is 731 g/mol. The first-order chi connectivity index (χ1) is 24.1. The SMILES string of the molecule is CC(C)(C)OC(=O)N[C@H]1CCCCCC=C[C@@H]2C[C@@]2(C(=O)NS(=O)(=O)C2CC2)NC(=O)[C@@H]2CC(OC(=O)N3Cc4cccc(F)c4C3)CN2C1=O. The lowest BCUT2D eigenvalue weighted by molar-refractivity contribution is -0.141. The number of rotatable bonds is 5. The molecule has 5 aliphatic rings. The van der Waals surface area contributed by atoms with Crippen LogP contribution >= 0.6 is 0 Å². The average molecular weight is 732 g/mol. The number of allylic oxidation sites excluding steroid dienone is 1. The second-order valence-corrected chi connectivity index (χ2v) is 17.2. The zero-order valence-corrected chi connectivity index (χ0v) is 29.9. The maximum atomic E-state index is 14.4. The molecule has 1 aromatic rings. The molecule has 1 aromatic carbocycles. The van der Waals surface area contributed by atoms with Crippen LogP contribution < -0.4 is 15.4 Å². The van der Waals surface area contributed by atoms with Gasteiger partial charge in [0.1, 0.15) is 35.1 Å². The second-order valence-electron chi connectivity index (χ2n) is 15.2. The number of amides is 5. The first-order valence-corrected chi connectivity index (χ1v) is 19.2. The number of ether oxygens (including phenoxy) is 2. The number of alkyl carbamates (subject to hydrolysis) is 1. The number of nitrogens with one attached hydrogen (secondary N) is 3. The molecule has 1 unspecified atom stereocenters. The Morgan fingerprint density at radius 3 is 2.53 bits per heavy atom. The lowest BCUT2D eigenvalue weighted by Gasteiger charge is -2.30. The van der Waals surface area contributed by atoms with Crippen molar-refractivity contribution in [2.45, 2.75) is 126 Å². The fourth-order valence-electron chi connectivity index (χ4n) is 7.02. The molecule has 3 fully saturated rings. The van der Waals surface area contributed by atoms with Gasteiger partial charge in [-0.05, 0) is 70.9 Å². The third kappa shape index (κ3) is 8.31. The molecule has 16 heteroatoms. The van der Waals surface area contributed by atoms with Crippen LogP contribution in [0.25, 0.3) is 0 Å². The molecule has 51 heavy (non-hydrogen) atoms. The van der Waals surface area contributed by atoms with E-state index >= 15 is 0 Å². The largest absolute Gasteiger partial charge is 0.444 e. The molecular weight excluding hydrogens is 685 g/mol. The van der Waals surface area contributed by atoms with E-state index in [4.69, 9.17) is 9.47 Å². The van der Waals surface area contributed by atoms with Gasteiger partial charge in [-0.3, -0.25) is 24.0 Å². The fourth-order valence-corrected chi connectivity index (χ4v) is 8.39. The van der Waals surface area contributed by atoms with Crippen LogP contribution in [-0.2, 0) is 47.0 Å². The fraction of sp³-hybridized carbons (Fsp3) is 0.629. The molecule has 3 N–H and O–H groups in total. The van der Waals surface area contributed by atoms with E-state index in [1.807, 2.05) is 12.2 Å². The summed E-state index contributed by atoms with van der Waals surface area (Å²) in [6.07, 6.45) is 5.10. The Bertz CT molecular complexity index is 1730. The van der Waals surface area contributed by atoms with Crippen molar-refractivity contribution in [3.8, 4) is 0 Å². The minimum atomic E-state index is -3.92. The molecule has 0 bridgehead atoms. The van der Waals surface area contributed by atoms with Gasteiger partial charge in [0.15, 0.2) is 0 Å². The molecule has 0 spiro atoms. The Kier molecular flexibility index (Phi) is 10.1. The molecule has 2 aliphatic carbocycles. The molecule has 6 rings (SSSR count). The summed E-state index contributed by atoms with van der Waals surface area (Å²) in [7, 11) is -3.92. The van der Waals surface area contributed by atoms with E-state index in [0.29, 0.717) is 36.8 Å². The first-order valence-electron chi connectivity index (χ1n) is 17.6. The number of hydrogen-bond donors (Lipinski definition) is 3. The van der Waals surface area contributed by atoms with Gasteiger partial charge in [-0.15, -0.1) is 0 Å². The maximum Gasteiger partial charge on any atom is 0.410 e. The summed E-state index contributed by atoms with van der Waals surface area (Å²) >= 11 is 0. The summed E-state index contributed by atoms with van der Waals surface area (Å²) in [5.74, 6) is -3.06. The zero-order chi connectivity index (χ0) is 36.7. The van der Waals surface area contributed by atoms with Crippen LogP contribution in [0.3, 0.4) is 0 Å². The topological polar surface area (TPSA) is 181 Å². The van der Waals surface area contributed by atoms with Crippen LogP contribution in [0, 0.1) is 11.7 Å². The summed E-state index contributed by atoms with van der Waals surface area (Å²) < 4.78 is 53.3. The van der Waals surface area contributed by atoms with E-state index in [0.717, 1.165) is 12.8 Å². The highest BCUT2D eigenvalue weighted by Crippen LogP contribution is 2.46. The van der Waals surface area contributed by atoms with Gasteiger partial charge in [0.05, 0.1) is 18.3 Å². The zero-order valence-electron chi connectivity index (χ0n) is 29.1. The molecule has 14 nitrogen and oxygen atoms in total. The summed E-state index contributed by atoms with van der Waals surface area (Å²) in [5.41, 5.74) is -1.36. The van der Waals surface area contributed by atoms with Crippen LogP contribution in [0.2, 0.25) is 0 Å². The number of carbonyl (C=O) groups excluding carboxylic acids is 5. The van der Waals surface area contributed by atoms with Crippen molar-refractivity contribution in [3.05, 3.63) is 47.3 Å². The molecule has 5 atom stereocenters. The number of benzene rings is 1. The highest BCUT2D eigenvalue weighted by molar-refractivity contribution is 7.91. The van der Waals surface area contributed by atoms with Gasteiger partial charge >= 0.3 is 12.2 Å². The number of hydrogen-bond acceptors (Lipinski definition) is 9. The lowest BCUT2D eigenvalue weighted by Crippen LogP contribution is -2.58. The van der Waals surface area contributed by atoms with E-state index in [2.05, 4.69) is 15.4 Å². The van der Waals surface area contributed by atoms with Crippen molar-refractivity contribution in [1.82, 2.24) is 25.2 Å². The lowest BCUT2D eigenvalue weighted by atomic mass is 10.0. The number of fused-ring (bicyclic) bond motifs is 3. The van der Waals surface area contributed by atoms with E-state index in [1.165, 1.54) is 15.9 Å². The molecule has 3 aliphatic heterocycles. The van der Waals surface area contributed by atoms with Gasteiger partial charge in [-0.1, -0.05) is 37.1 Å². The van der Waals surface area contributed by atoms with E-state index in [-0.39, 0.29) is 38.9 Å². The molecule has 278 valence electrons. The van der Waals surface area contributed by atoms with E-state index < -0.39 is 86.2 Å². The molecule has 0 aromatic heterocycles. The van der Waals surface area contributed by atoms with Crippen molar-refractivity contribution in [2.75, 3.05) is 6.54 Å². The van der Waals surface area contributed by atoms with E-state index in [9.17, 15) is 36.8 Å². The molecule has 2 saturated carbocycles. The summed E-state index contributed by atoms with van der Waals surface area (Å²) in [6.45, 7) is 5.01. The van der Waals surface area contributed by atoms with E-state index in [1.54, 1.807) is 32.9 Å². The number of sulfonamides is 1. The Labute approximate surface area is 296 Å². The van der Waals surface area contributed by atoms with Gasteiger partial charge < -0.3 is 25.0 Å². The van der Waals surface area contributed by atoms with Gasteiger partial charge in [0, 0.05) is 24.4 Å². The van der Waals surface area contributed by atoms with Crippen molar-refractivity contribution in [3.63, 3.8) is 0 Å². The number of halogens is 1. The standard InChI is InChI=1S/C35H46FN5O9S/c1-34(2,3)50-32(45)37-27-13-8-6-4-5-7-11-22-17-35(22,31(44)39-51(47,48)24-14-15-24)38-29(42)28-16-23(19-41(28)30(27)43)49-33(46)40-18-21-10-9-12-26(36)25(21)20-40/h7,9-12,22-24,27-28H,4-6,8,13-20H2,1-3H3,(H,37,45)(H,38,42)(H,39,44)/t22-,23?,27+,28+,35-/m1/s1. The predicted molar refractivity (Wildman–Crippen MR) is 180 cm³/mol. The van der Waals surface area contributed by atoms with Crippen LogP contribution in [0.1, 0.15) is 89.7 Å². The van der Waals surface area contributed by atoms with Crippen molar-refractivity contribution in [2.24, 2.45) is 5.92 Å². The quantitative estimate of drug-likeness (QED) is 0.384. The van der Waals surface area contributed by atoms with Gasteiger partial charge in [0.2, 0.25) is 21.8 Å². The van der Waals surface area contributed by atoms with Gasteiger partial charge in [0.25, 0.3) is 5.91 Å². The smallest absolute Gasteiger partial charge is 0.410 e. The molecule has 1 saturated heterocycles. The molecule has 3 heterocycles. The second kappa shape index (κ2) is 14.1. The van der Waals surface area contributed by atoms with Crippen LogP contribution in [-0.4, -0.2) is 89.2 Å². The van der Waals surface area contributed by atoms with Crippen LogP contribution in [0.15, 0.2) is 30.4 Å². The third-order valence-electron chi connectivity index (χ3n) is 9.99. The molecule has 0 radical (unpaired) electrons. The van der Waals surface area contributed by atoms with Crippen molar-refractivity contribution < 1.29 is 46.3 Å². The van der Waals surface area contributed by atoms with Crippen LogP contribution in [0.5, 0.6) is 0 Å². The molecular formula is C35H46FN5O9S. The summed E-state index contributed by atoms with van der Waals surface area (Å²) in [5, 5.41) is 4.79. The summed E-state index contributed by atoms with van der Waals surface area (Å²) in [4.78, 5) is 70.8. The third-order valence-corrected chi connectivity index (χ3v) is 11.8. The highest BCUT2D eigenvalue weighted by atomic mass is 32.2. The first kappa shape index (κ1) is 36.6. The highest BCUT2D eigenvalue weighted by Gasteiger charge is 2.62. The van der Waals surface area contributed by atoms with Crippen LogP contribution in [0.4, 0.5) is 14.0 Å². The number of carbonyl (C=O) groups is 5. The molecule has 5 amide bonds. The minimum absolute atomic E-state index is 0.00168. The van der Waals surface area contributed by atoms with Crippen molar-refractivity contribution in [1.29, 1.82) is 0 Å². The Balaban J connectivity index is 1.25. The predicted octanol–water partition coefficient (Wildman–Crippen LogP) is 3.14. The Hall–Kier alpha value is -4.21. The Morgan fingerprint density at radius 1 is 1.06 bits per heavy atom. The van der Waals surface area contributed by atoms with Gasteiger partial charge in [-0.2, -0.15) is 0 Å². The maximum absolute atomic E-state index is 14.4. The summed E-state index contributed by atoms with van der Waals surface area (Å²) in [6, 6.07) is 2.30. The average Bonchev–Trinajstić information content (AvgIpc) is 3.93. The Morgan fingerprint density at radius 2 is 1.82 bits per heavy atom. The van der Waals surface area contributed by atoms with Gasteiger partial charge in [-0.25, -0.2) is 22.4 Å². The minimum Gasteiger partial charge on any atom is -0.444 e. The normalized spacial score (nSPS) is 28.3. The van der Waals surface area contributed by atoms with Crippen molar-refractivity contribution >= 4 is 39.9 Å². The number of nitrogens with zero attached hydrogens (tertiary/aromatic N) is 2.